The molecule has 1 rings (SSSR count). The average molecular weight is 162 g/mol. The van der Waals surface area contributed by atoms with Gasteiger partial charge in [-0.05, 0) is 6.08 Å². The van der Waals surface area contributed by atoms with Crippen molar-refractivity contribution in [2.45, 2.75) is 4.58 Å². The van der Waals surface area contributed by atoms with Crippen molar-refractivity contribution in [3.63, 3.8) is 0 Å². The fourth-order valence-electron chi connectivity index (χ4n) is 0.435. The quantitative estimate of drug-likeness (QED) is 0.515. The third-order valence-electron chi connectivity index (χ3n) is 0.756. The Kier molecular flexibility index (Phi) is 2.41. The Labute approximate surface area is 64.2 Å². The Morgan fingerprint density at radius 1 is 1.62 bits per heavy atom. The molecule has 0 saturated carbocycles. The van der Waals surface area contributed by atoms with E-state index >= 15 is 0 Å². The molecular formula is C5H6S3. The van der Waals surface area contributed by atoms with Crippen molar-refractivity contribution in [3.05, 3.63) is 22.5 Å². The fourth-order valence-corrected chi connectivity index (χ4v) is 2.13. The van der Waals surface area contributed by atoms with E-state index in [1.165, 1.54) is 0 Å². The molecule has 0 bridgehead atoms. The molecule has 1 atom stereocenters. The van der Waals surface area contributed by atoms with Gasteiger partial charge in [0, 0.05) is 4.24 Å². The predicted molar refractivity (Wildman–Crippen MR) is 46.6 cm³/mol. The lowest BCUT2D eigenvalue weighted by Gasteiger charge is -2.06. The molecule has 0 aliphatic carbocycles. The van der Waals surface area contributed by atoms with E-state index in [9.17, 15) is 0 Å². The van der Waals surface area contributed by atoms with E-state index in [1.54, 1.807) is 11.8 Å². The lowest BCUT2D eigenvalue weighted by molar-refractivity contribution is 1.65. The van der Waals surface area contributed by atoms with Gasteiger partial charge in [0.25, 0.3) is 0 Å². The van der Waals surface area contributed by atoms with Crippen molar-refractivity contribution < 1.29 is 0 Å². The summed E-state index contributed by atoms with van der Waals surface area (Å²) in [5.41, 5.74) is 0. The van der Waals surface area contributed by atoms with Crippen LogP contribution in [0.25, 0.3) is 0 Å². The van der Waals surface area contributed by atoms with Crippen LogP contribution in [0.5, 0.6) is 0 Å². The highest BCUT2D eigenvalue weighted by atomic mass is 32.2. The molecular weight excluding hydrogens is 156 g/mol. The first-order valence-electron chi connectivity index (χ1n) is 2.21. The van der Waals surface area contributed by atoms with Gasteiger partial charge >= 0.3 is 0 Å². The maximum atomic E-state index is 4.21. The van der Waals surface area contributed by atoms with Crippen molar-refractivity contribution in [2.24, 2.45) is 0 Å². The minimum Gasteiger partial charge on any atom is -0.160 e. The number of thiol groups is 2. The van der Waals surface area contributed by atoms with Gasteiger partial charge in [-0.25, -0.2) is 0 Å². The average Bonchev–Trinajstić information content (AvgIpc) is 1.64. The zero-order valence-corrected chi connectivity index (χ0v) is 6.72. The van der Waals surface area contributed by atoms with Crippen molar-refractivity contribution in [1.82, 2.24) is 0 Å². The molecule has 0 N–H and O–H groups in total. The molecule has 0 nitrogen and oxygen atoms in total. The van der Waals surface area contributed by atoms with Crippen LogP contribution in [0.2, 0.25) is 0 Å². The highest BCUT2D eigenvalue weighted by Gasteiger charge is 2.02. The Morgan fingerprint density at radius 2 is 2.38 bits per heavy atom. The van der Waals surface area contributed by atoms with Gasteiger partial charge in [-0.2, -0.15) is 12.6 Å². The fraction of sp³-hybridized carbons (Fsp3) is 0.200. The van der Waals surface area contributed by atoms with E-state index in [4.69, 9.17) is 0 Å². The van der Waals surface area contributed by atoms with Crippen molar-refractivity contribution in [3.8, 4) is 0 Å². The summed E-state index contributed by atoms with van der Waals surface area (Å²) in [4.78, 5) is 0. The second kappa shape index (κ2) is 2.90. The van der Waals surface area contributed by atoms with E-state index in [1.807, 2.05) is 18.2 Å². The third-order valence-corrected chi connectivity index (χ3v) is 2.49. The van der Waals surface area contributed by atoms with Crippen molar-refractivity contribution in [1.29, 1.82) is 0 Å². The smallest absolute Gasteiger partial charge is 0.0707 e. The van der Waals surface area contributed by atoms with Crippen LogP contribution in [0.15, 0.2) is 22.5 Å². The van der Waals surface area contributed by atoms with Gasteiger partial charge in [0.15, 0.2) is 0 Å². The third kappa shape index (κ3) is 1.80. The predicted octanol–water partition coefficient (Wildman–Crippen LogP) is 2.32. The zero-order valence-electron chi connectivity index (χ0n) is 4.11. The summed E-state index contributed by atoms with van der Waals surface area (Å²) >= 11 is 10.00. The molecule has 3 heteroatoms. The first kappa shape index (κ1) is 6.65. The van der Waals surface area contributed by atoms with E-state index in [0.29, 0.717) is 4.58 Å². The van der Waals surface area contributed by atoms with E-state index in [-0.39, 0.29) is 0 Å². The van der Waals surface area contributed by atoms with Crippen molar-refractivity contribution >= 4 is 37.0 Å². The molecule has 0 radical (unpaired) electrons. The van der Waals surface area contributed by atoms with Gasteiger partial charge < -0.3 is 0 Å². The highest BCUT2D eigenvalue weighted by Crippen LogP contribution is 2.30. The second-order valence-electron chi connectivity index (χ2n) is 1.40. The minimum atomic E-state index is 0.299. The summed E-state index contributed by atoms with van der Waals surface area (Å²) < 4.78 is 1.33. The van der Waals surface area contributed by atoms with Crippen LogP contribution in [0.4, 0.5) is 0 Å². The molecule has 1 aliphatic heterocycles. The topological polar surface area (TPSA) is 0 Å². The number of rotatable bonds is 0. The van der Waals surface area contributed by atoms with Crippen LogP contribution < -0.4 is 0 Å². The van der Waals surface area contributed by atoms with Gasteiger partial charge in [-0.15, -0.1) is 24.4 Å². The highest BCUT2D eigenvalue weighted by molar-refractivity contribution is 8.21. The number of hydrogen-bond acceptors (Lipinski definition) is 3. The molecule has 0 spiro atoms. The molecule has 0 aromatic carbocycles. The second-order valence-corrected chi connectivity index (χ2v) is 4.27. The first-order chi connectivity index (χ1) is 3.79. The minimum absolute atomic E-state index is 0.299. The van der Waals surface area contributed by atoms with Crippen LogP contribution in [0.3, 0.4) is 0 Å². The van der Waals surface area contributed by atoms with Gasteiger partial charge in [-0.3, -0.25) is 0 Å². The van der Waals surface area contributed by atoms with Crippen LogP contribution in [0, 0.1) is 0 Å². The lowest BCUT2D eigenvalue weighted by Crippen LogP contribution is -1.87. The van der Waals surface area contributed by atoms with Crippen molar-refractivity contribution in [2.75, 3.05) is 0 Å². The molecule has 44 valence electrons. The molecule has 0 fully saturated rings. The van der Waals surface area contributed by atoms with Crippen LogP contribution in [-0.2, 0) is 0 Å². The van der Waals surface area contributed by atoms with E-state index in [2.05, 4.69) is 25.3 Å². The largest absolute Gasteiger partial charge is 0.160 e. The van der Waals surface area contributed by atoms with Crippen LogP contribution in [0.1, 0.15) is 0 Å². The standard InChI is InChI=1S/C5H6S3/c6-4-2-1-3-5(7)8-4/h1-4,6-7H. The maximum absolute atomic E-state index is 4.21. The van der Waals surface area contributed by atoms with Gasteiger partial charge in [0.2, 0.25) is 0 Å². The van der Waals surface area contributed by atoms with E-state index < -0.39 is 0 Å². The molecule has 0 aromatic rings. The Bertz CT molecular complexity index is 137. The molecule has 1 unspecified atom stereocenters. The van der Waals surface area contributed by atoms with Crippen LogP contribution >= 0.6 is 37.0 Å². The summed E-state index contributed by atoms with van der Waals surface area (Å²) in [6.45, 7) is 0. The Balaban J connectivity index is 2.59. The molecule has 0 aromatic heterocycles. The summed E-state index contributed by atoms with van der Waals surface area (Å²) in [5, 5.41) is 0. The number of allylic oxidation sites excluding steroid dienone is 2. The van der Waals surface area contributed by atoms with Gasteiger partial charge in [0.05, 0.1) is 4.58 Å². The lowest BCUT2D eigenvalue weighted by atomic mass is 10.5. The Morgan fingerprint density at radius 3 is 2.75 bits per heavy atom. The number of hydrogen-bond donors (Lipinski definition) is 2. The van der Waals surface area contributed by atoms with Gasteiger partial charge in [-0.1, -0.05) is 12.2 Å². The Hall–Kier alpha value is 0.530. The normalized spacial score (nSPS) is 27.8. The molecule has 1 aliphatic rings. The molecule has 0 saturated heterocycles. The SMILES string of the molecule is SC1=CC=CC(S)S1. The van der Waals surface area contributed by atoms with E-state index in [0.717, 1.165) is 4.24 Å². The summed E-state index contributed by atoms with van der Waals surface area (Å²) in [6.07, 6.45) is 5.95. The molecule has 8 heavy (non-hydrogen) atoms. The summed E-state index contributed by atoms with van der Waals surface area (Å²) in [7, 11) is 0. The number of thioether (sulfide) groups is 1. The molecule has 1 heterocycles. The molecule has 0 amide bonds. The zero-order chi connectivity index (χ0) is 5.98. The monoisotopic (exact) mass is 162 g/mol. The van der Waals surface area contributed by atoms with Gasteiger partial charge in [0.1, 0.15) is 0 Å². The first-order valence-corrected chi connectivity index (χ1v) is 4.05. The summed E-state index contributed by atoms with van der Waals surface area (Å²) in [6, 6.07) is 0. The summed E-state index contributed by atoms with van der Waals surface area (Å²) in [5.74, 6) is 0. The van der Waals surface area contributed by atoms with Crippen LogP contribution in [-0.4, -0.2) is 4.58 Å². The maximum Gasteiger partial charge on any atom is 0.0707 e.